The number of methoxy groups -OCH3 is 1. The van der Waals surface area contributed by atoms with Gasteiger partial charge in [0.15, 0.2) is 11.6 Å². The first-order valence-electron chi connectivity index (χ1n) is 23.7. The van der Waals surface area contributed by atoms with Crippen LogP contribution in [0.1, 0.15) is 67.3 Å². The molecule has 0 aromatic heterocycles. The first kappa shape index (κ1) is 23.5. The van der Waals surface area contributed by atoms with E-state index in [4.69, 9.17) is 17.8 Å². The summed E-state index contributed by atoms with van der Waals surface area (Å²) in [5, 5.41) is 10.8. The number of aliphatic hydroxyl groups excluding tert-OH is 1. The van der Waals surface area contributed by atoms with Gasteiger partial charge >= 0.3 is 6.18 Å². The summed E-state index contributed by atoms with van der Waals surface area (Å²) in [6, 6.07) is 8.15. The van der Waals surface area contributed by atoms with Gasteiger partial charge in [-0.1, -0.05) is 66.2 Å². The molecule has 280 valence electrons. The number of fused-ring (bicyclic) bond motifs is 1. The molecule has 6 nitrogen and oxygen atoms in total. The Kier molecular flexibility index (Phi) is 7.48. The lowest BCUT2D eigenvalue weighted by Gasteiger charge is -2.40. The quantitative estimate of drug-likeness (QED) is 0.146. The molecule has 4 aromatic rings. The molecule has 6 rings (SSSR count). The number of likely N-dealkylation sites (tertiary alicyclic amines) is 1. The number of piperidine rings is 1. The van der Waals surface area contributed by atoms with E-state index in [1.807, 2.05) is 0 Å². The molecule has 0 aliphatic carbocycles. The standard InChI is InChI=1S/C41H42F5N3O3S/c1-27-6-15-36-34(22-27)37(50)23-39(53-26-31-4-3-5-35(42)40(31)43)49(36)25-38(51)48(33-16-18-47(19-17-33)20-21-52-2)24-28-7-9-29(10-8-28)30-11-13-32(14-12-30)41(44,45)46/h3-15,22-23,33,37,50H,16-21,24-26H2,1-2H3/i2D3,6D,15D,20D2,21D2,22D,23D,24D2,26D2. The van der Waals surface area contributed by atoms with E-state index in [2.05, 4.69) is 4.74 Å². The average molecular weight is 767 g/mol. The monoisotopic (exact) mass is 766 g/mol. The van der Waals surface area contributed by atoms with Crippen LogP contribution in [0.5, 0.6) is 0 Å². The third-order valence-corrected chi connectivity index (χ3v) is 9.38. The number of hydrogen-bond acceptors (Lipinski definition) is 6. The van der Waals surface area contributed by atoms with Crippen molar-refractivity contribution >= 4 is 23.4 Å². The molecule has 1 amide bonds. The van der Waals surface area contributed by atoms with E-state index in [1.54, 1.807) is 0 Å². The van der Waals surface area contributed by atoms with Crippen molar-refractivity contribution in [2.75, 3.05) is 44.6 Å². The van der Waals surface area contributed by atoms with Crippen LogP contribution in [0.25, 0.3) is 11.1 Å². The topological polar surface area (TPSA) is 56.3 Å². The van der Waals surface area contributed by atoms with E-state index in [9.17, 15) is 25.4 Å². The highest BCUT2D eigenvalue weighted by Crippen LogP contribution is 2.41. The lowest BCUT2D eigenvalue weighted by Crippen LogP contribution is -2.50. The molecule has 4 aromatic carbocycles. The van der Waals surface area contributed by atoms with Gasteiger partial charge in [-0.2, -0.15) is 13.2 Å². The van der Waals surface area contributed by atoms with E-state index in [-0.39, 0.29) is 35.7 Å². The Morgan fingerprint density at radius 3 is 2.43 bits per heavy atom. The van der Waals surface area contributed by atoms with Gasteiger partial charge in [0.1, 0.15) is 12.6 Å². The van der Waals surface area contributed by atoms with Gasteiger partial charge in [-0.05, 0) is 66.7 Å². The molecule has 12 heteroatoms. The van der Waals surface area contributed by atoms with E-state index < -0.39 is 139 Å². The number of alkyl halides is 3. The highest BCUT2D eigenvalue weighted by atomic mass is 32.2. The van der Waals surface area contributed by atoms with Crippen molar-refractivity contribution in [1.82, 2.24) is 9.80 Å². The molecule has 1 fully saturated rings. The Hall–Kier alpha value is -4.23. The van der Waals surface area contributed by atoms with Crippen LogP contribution >= 0.6 is 11.8 Å². The Morgan fingerprint density at radius 2 is 1.75 bits per heavy atom. The maximum absolute atomic E-state index is 15.2. The molecular formula is C41H42F5N3O3S. The third-order valence-electron chi connectivity index (χ3n) is 8.53. The second kappa shape index (κ2) is 16.8. The number of hydrogen-bond donors (Lipinski definition) is 1. The second-order valence-corrected chi connectivity index (χ2v) is 12.9. The second-order valence-electron chi connectivity index (χ2n) is 12.1. The van der Waals surface area contributed by atoms with E-state index in [1.165, 1.54) is 43.3 Å². The molecule has 1 saturated heterocycles. The number of carbonyl (C=O) groups excluding carboxylic acids is 1. The van der Waals surface area contributed by atoms with Gasteiger partial charge in [-0.25, -0.2) is 8.78 Å². The van der Waals surface area contributed by atoms with Crippen LogP contribution < -0.4 is 4.90 Å². The van der Waals surface area contributed by atoms with Crippen molar-refractivity contribution in [2.24, 2.45) is 0 Å². The fraction of sp³-hybridized carbons (Fsp3) is 0.341. The minimum absolute atomic E-state index is 0.0271. The fourth-order valence-electron chi connectivity index (χ4n) is 5.83. The smallest absolute Gasteiger partial charge is 0.384 e. The Labute approximate surface area is 331 Å². The van der Waals surface area contributed by atoms with Crippen LogP contribution in [0.15, 0.2) is 95.9 Å². The molecule has 0 bridgehead atoms. The van der Waals surface area contributed by atoms with E-state index >= 15 is 9.18 Å². The zero-order valence-corrected chi connectivity index (χ0v) is 28.8. The molecule has 1 atom stereocenters. The van der Waals surface area contributed by atoms with Crippen molar-refractivity contribution in [3.8, 4) is 11.1 Å². The van der Waals surface area contributed by atoms with Gasteiger partial charge in [0, 0.05) is 67.2 Å². The molecule has 0 spiro atoms. The molecule has 2 heterocycles. The van der Waals surface area contributed by atoms with Gasteiger partial charge in [0.25, 0.3) is 0 Å². The van der Waals surface area contributed by atoms with Crippen LogP contribution in [0.3, 0.4) is 0 Å². The Bertz CT molecular complexity index is 2600. The van der Waals surface area contributed by atoms with Crippen LogP contribution in [0, 0.1) is 18.6 Å². The van der Waals surface area contributed by atoms with Crippen molar-refractivity contribution < 1.29 is 57.2 Å². The number of amides is 1. The van der Waals surface area contributed by atoms with Gasteiger partial charge in [-0.3, -0.25) is 4.79 Å². The summed E-state index contributed by atoms with van der Waals surface area (Å²) in [5.41, 5.74) is -5.39. The zero-order chi connectivity index (χ0) is 50.9. The number of anilines is 1. The highest BCUT2D eigenvalue weighted by molar-refractivity contribution is 8.02. The number of ether oxygens (including phenoxy) is 1. The number of benzene rings is 4. The summed E-state index contributed by atoms with van der Waals surface area (Å²) in [6.07, 6.45) is -7.32. The molecular weight excluding hydrogens is 710 g/mol. The third kappa shape index (κ3) is 9.29. The number of rotatable bonds is 12. The number of aliphatic hydroxyl groups is 1. The first-order chi connectivity index (χ1) is 31.2. The Morgan fingerprint density at radius 1 is 1.06 bits per heavy atom. The summed E-state index contributed by atoms with van der Waals surface area (Å²) in [6.45, 7) is -10.1. The SMILES string of the molecule is [2H]C1=C(SC([2H])([2H])c2cccc(F)c2F)N(CC(=O)N(C2CCN(C([2H])([2H])C([2H])([2H])OC([2H])([2H])[2H])CC2)C([2H])([2H])c2ccc(-c3ccc(C(F)(F)F)cc3)cc2)c2c([2H])c([2H])c(C)c([2H])c2C1O. The summed E-state index contributed by atoms with van der Waals surface area (Å²) in [4.78, 5) is 17.6. The maximum Gasteiger partial charge on any atom is 0.416 e. The molecule has 53 heavy (non-hydrogen) atoms. The molecule has 1 N–H and O–H groups in total. The maximum atomic E-state index is 15.2. The van der Waals surface area contributed by atoms with E-state index in [0.717, 1.165) is 45.0 Å². The predicted octanol–water partition coefficient (Wildman–Crippen LogP) is 8.73. The summed E-state index contributed by atoms with van der Waals surface area (Å²) >= 11 is 0.0271. The van der Waals surface area contributed by atoms with Gasteiger partial charge in [0.05, 0.1) is 32.2 Å². The lowest BCUT2D eigenvalue weighted by atomic mass is 9.99. The van der Waals surface area contributed by atoms with Crippen molar-refractivity contribution in [3.63, 3.8) is 0 Å². The average Bonchev–Trinajstić information content (AvgIpc) is 3.24. The number of halogens is 5. The van der Waals surface area contributed by atoms with Crippen LogP contribution in [-0.2, 0) is 27.9 Å². The zero-order valence-electron chi connectivity index (χ0n) is 42.9. The van der Waals surface area contributed by atoms with Gasteiger partial charge in [-0.15, -0.1) is 11.8 Å². The van der Waals surface area contributed by atoms with Crippen LogP contribution in [0.4, 0.5) is 27.6 Å². The molecule has 2 aliphatic heterocycles. The highest BCUT2D eigenvalue weighted by Gasteiger charge is 2.33. The predicted molar refractivity (Wildman–Crippen MR) is 198 cm³/mol. The number of thioether (sulfide) groups is 1. The van der Waals surface area contributed by atoms with Crippen molar-refractivity contribution in [2.45, 2.75) is 50.3 Å². The van der Waals surface area contributed by atoms with Gasteiger partial charge in [0.2, 0.25) is 5.91 Å². The molecule has 0 radical (unpaired) electrons. The van der Waals surface area contributed by atoms with Gasteiger partial charge < -0.3 is 24.5 Å². The molecule has 0 saturated carbocycles. The fourth-order valence-corrected chi connectivity index (χ4v) is 6.63. The van der Waals surface area contributed by atoms with E-state index in [0.29, 0.717) is 11.1 Å². The summed E-state index contributed by atoms with van der Waals surface area (Å²) in [7, 11) is -3.35. The first-order valence-corrected chi connectivity index (χ1v) is 17.0. The molecule has 2 aliphatic rings. The minimum atomic E-state index is -4.61. The van der Waals surface area contributed by atoms with Crippen molar-refractivity contribution in [3.05, 3.63) is 135 Å². The normalized spacial score (nSPS) is 22.4. The summed E-state index contributed by atoms with van der Waals surface area (Å²) < 4.78 is 201. The largest absolute Gasteiger partial charge is 0.416 e. The van der Waals surface area contributed by atoms with Crippen LogP contribution in [0.2, 0.25) is 0 Å². The number of nitrogens with zero attached hydrogens (tertiary/aromatic N) is 3. The lowest BCUT2D eigenvalue weighted by molar-refractivity contribution is -0.137. The summed E-state index contributed by atoms with van der Waals surface area (Å²) in [5.74, 6) is -4.22. The Balaban J connectivity index is 1.45. The molecule has 1 unspecified atom stereocenters. The number of carbonyl (C=O) groups is 1. The van der Waals surface area contributed by atoms with Crippen LogP contribution in [-0.4, -0.2) is 66.6 Å². The van der Waals surface area contributed by atoms with Crippen molar-refractivity contribution in [1.29, 1.82) is 0 Å². The minimum Gasteiger partial charge on any atom is -0.384 e.